The largest absolute Gasteiger partial charge is 0.361 e. The van der Waals surface area contributed by atoms with Crippen molar-refractivity contribution in [3.05, 3.63) is 21.7 Å². The van der Waals surface area contributed by atoms with Crippen LogP contribution >= 0.6 is 0 Å². The molecule has 0 aliphatic carbocycles. The number of aromatic nitrogens is 1. The van der Waals surface area contributed by atoms with Gasteiger partial charge in [-0.25, -0.2) is 9.59 Å². The number of hydrogen-bond donors (Lipinski definition) is 0. The molecule has 5 nitrogen and oxygen atoms in total. The maximum atomic E-state index is 12.5. The van der Waals surface area contributed by atoms with E-state index in [-0.39, 0.29) is 24.0 Å². The molecule has 0 spiro atoms. The highest BCUT2D eigenvalue weighted by molar-refractivity contribution is 5.77. The molecule has 0 atom stereocenters. The van der Waals surface area contributed by atoms with Gasteiger partial charge in [0.1, 0.15) is 0 Å². The highest BCUT2D eigenvalue weighted by Crippen LogP contribution is 2.17. The maximum absolute atomic E-state index is 12.5. The Kier molecular flexibility index (Phi) is 4.61. The van der Waals surface area contributed by atoms with E-state index in [1.54, 1.807) is 11.8 Å². The van der Waals surface area contributed by atoms with E-state index in [0.717, 1.165) is 4.74 Å². The van der Waals surface area contributed by atoms with Gasteiger partial charge in [-0.2, -0.15) is 0 Å². The van der Waals surface area contributed by atoms with Crippen LogP contribution in [0.5, 0.6) is 0 Å². The highest BCUT2D eigenvalue weighted by atomic mass is 16.5. The molecule has 0 aromatic carbocycles. The molecule has 0 fully saturated rings. The molecule has 0 unspecified atom stereocenters. The van der Waals surface area contributed by atoms with Crippen LogP contribution in [0, 0.1) is 6.92 Å². The average molecular weight is 268 g/mol. The summed E-state index contributed by atoms with van der Waals surface area (Å²) in [7, 11) is 0. The molecule has 108 valence electrons. The predicted octanol–water partition coefficient (Wildman–Crippen LogP) is 2.96. The third-order valence-electron chi connectivity index (χ3n) is 3.17. The summed E-state index contributed by atoms with van der Waals surface area (Å²) in [5.74, 6) is 0.0387. The van der Waals surface area contributed by atoms with Crippen LogP contribution in [0.1, 0.15) is 58.7 Å². The topological polar surface area (TPSA) is 55.5 Å². The fourth-order valence-corrected chi connectivity index (χ4v) is 2.44. The molecule has 0 saturated carbocycles. The van der Waals surface area contributed by atoms with E-state index in [9.17, 15) is 9.59 Å². The van der Waals surface area contributed by atoms with Crippen LogP contribution in [0.2, 0.25) is 0 Å². The van der Waals surface area contributed by atoms with E-state index in [0.29, 0.717) is 11.3 Å². The Hall–Kier alpha value is -1.52. The molecule has 5 heteroatoms. The van der Waals surface area contributed by atoms with Crippen molar-refractivity contribution < 1.29 is 9.32 Å². The molecule has 19 heavy (non-hydrogen) atoms. The molecule has 0 radical (unpaired) electrons. The van der Waals surface area contributed by atoms with Gasteiger partial charge in [-0.15, -0.1) is 4.74 Å². The zero-order valence-corrected chi connectivity index (χ0v) is 12.9. The van der Waals surface area contributed by atoms with Crippen molar-refractivity contribution in [1.82, 2.24) is 9.64 Å². The molecular weight excluding hydrogens is 244 g/mol. The second kappa shape index (κ2) is 5.63. The molecule has 1 rings (SSSR count). The number of nitrogens with zero attached hydrogens (tertiary/aromatic N) is 2. The van der Waals surface area contributed by atoms with Crippen molar-refractivity contribution >= 4 is 6.03 Å². The average Bonchev–Trinajstić information content (AvgIpc) is 2.52. The van der Waals surface area contributed by atoms with Crippen LogP contribution < -0.4 is 5.63 Å². The van der Waals surface area contributed by atoms with E-state index in [1.807, 2.05) is 41.5 Å². The number of rotatable bonds is 3. The minimum Gasteiger partial charge on any atom is -0.327 e. The third-order valence-corrected chi connectivity index (χ3v) is 3.17. The van der Waals surface area contributed by atoms with Gasteiger partial charge in [0, 0.05) is 12.1 Å². The molecule has 0 aliphatic rings. The Morgan fingerprint density at radius 3 is 1.89 bits per heavy atom. The molecular formula is C14H24N2O3. The zero-order valence-electron chi connectivity index (χ0n) is 12.9. The van der Waals surface area contributed by atoms with E-state index >= 15 is 0 Å². The molecule has 0 saturated heterocycles. The van der Waals surface area contributed by atoms with Crippen molar-refractivity contribution in [2.75, 3.05) is 0 Å². The summed E-state index contributed by atoms with van der Waals surface area (Å²) in [6.07, 6.45) is 0. The molecule has 0 bridgehead atoms. The van der Waals surface area contributed by atoms with Crippen molar-refractivity contribution in [3.63, 3.8) is 0 Å². The minimum atomic E-state index is -0.423. The highest BCUT2D eigenvalue weighted by Gasteiger charge is 2.27. The first-order chi connectivity index (χ1) is 8.68. The Morgan fingerprint density at radius 1 is 1.11 bits per heavy atom. The fourth-order valence-electron chi connectivity index (χ4n) is 2.44. The van der Waals surface area contributed by atoms with E-state index in [2.05, 4.69) is 0 Å². The molecule has 0 N–H and O–H groups in total. The smallest absolute Gasteiger partial charge is 0.327 e. The van der Waals surface area contributed by atoms with Gasteiger partial charge in [-0.1, -0.05) is 13.8 Å². The maximum Gasteiger partial charge on any atom is 0.361 e. The van der Waals surface area contributed by atoms with Crippen molar-refractivity contribution in [2.45, 2.75) is 66.5 Å². The summed E-state index contributed by atoms with van der Waals surface area (Å²) in [4.78, 5) is 26.0. The van der Waals surface area contributed by atoms with Crippen LogP contribution in [-0.2, 0) is 0 Å². The molecule has 1 aromatic heterocycles. The molecule has 1 heterocycles. The van der Waals surface area contributed by atoms with Gasteiger partial charge >= 0.3 is 11.7 Å². The van der Waals surface area contributed by atoms with E-state index < -0.39 is 5.63 Å². The van der Waals surface area contributed by atoms with Crippen LogP contribution in [0.3, 0.4) is 0 Å². The number of amides is 1. The van der Waals surface area contributed by atoms with Crippen LogP contribution in [0.4, 0.5) is 4.79 Å². The van der Waals surface area contributed by atoms with Crippen LogP contribution in [-0.4, -0.2) is 27.8 Å². The summed E-state index contributed by atoms with van der Waals surface area (Å²) in [5, 5.41) is 0. The standard InChI is InChI=1S/C14H24N2O3/c1-8(2)12-11(7)16(19-13(12)17)14(18)15(9(3)4)10(5)6/h8-10H,1-7H3. The SMILES string of the molecule is Cc1c(C(C)C)c(=O)on1C(=O)N(C(C)C)C(C)C. The lowest BCUT2D eigenvalue weighted by atomic mass is 10.1. The van der Waals surface area contributed by atoms with Gasteiger partial charge < -0.3 is 9.42 Å². The first-order valence-corrected chi connectivity index (χ1v) is 6.73. The molecule has 1 amide bonds. The summed E-state index contributed by atoms with van der Waals surface area (Å²) in [6, 6.07) is -0.198. The van der Waals surface area contributed by atoms with Gasteiger partial charge in [-0.05, 0) is 40.5 Å². The van der Waals surface area contributed by atoms with E-state index in [4.69, 9.17) is 4.52 Å². The Balaban J connectivity index is 3.28. The van der Waals surface area contributed by atoms with Gasteiger partial charge in [0.25, 0.3) is 0 Å². The van der Waals surface area contributed by atoms with Gasteiger partial charge in [0.2, 0.25) is 0 Å². The summed E-state index contributed by atoms with van der Waals surface area (Å²) in [5.41, 5.74) is 0.741. The summed E-state index contributed by atoms with van der Waals surface area (Å²) >= 11 is 0. The second-order valence-corrected chi connectivity index (χ2v) is 5.70. The predicted molar refractivity (Wildman–Crippen MR) is 74.7 cm³/mol. The lowest BCUT2D eigenvalue weighted by molar-refractivity contribution is 0.137. The number of hydrogen-bond acceptors (Lipinski definition) is 3. The van der Waals surface area contributed by atoms with Crippen molar-refractivity contribution in [3.8, 4) is 0 Å². The first-order valence-electron chi connectivity index (χ1n) is 6.73. The monoisotopic (exact) mass is 268 g/mol. The molecule has 0 aliphatic heterocycles. The van der Waals surface area contributed by atoms with Crippen LogP contribution in [0.15, 0.2) is 9.32 Å². The van der Waals surface area contributed by atoms with Gasteiger partial charge in [-0.3, -0.25) is 0 Å². The molecule has 1 aromatic rings. The van der Waals surface area contributed by atoms with Crippen molar-refractivity contribution in [2.24, 2.45) is 0 Å². The van der Waals surface area contributed by atoms with Gasteiger partial charge in [0.05, 0.1) is 11.3 Å². The lowest BCUT2D eigenvalue weighted by Crippen LogP contribution is -2.44. The quantitative estimate of drug-likeness (QED) is 0.846. The Morgan fingerprint density at radius 2 is 1.58 bits per heavy atom. The normalized spacial score (nSPS) is 11.7. The van der Waals surface area contributed by atoms with Gasteiger partial charge in [0.15, 0.2) is 0 Å². The van der Waals surface area contributed by atoms with E-state index in [1.165, 1.54) is 0 Å². The number of carbonyl (C=O) groups is 1. The first kappa shape index (κ1) is 15.5. The Labute approximate surface area is 114 Å². The van der Waals surface area contributed by atoms with Crippen LogP contribution in [0.25, 0.3) is 0 Å². The zero-order chi connectivity index (χ0) is 14.9. The Bertz CT molecular complexity index is 501. The minimum absolute atomic E-state index is 0.0387. The summed E-state index contributed by atoms with van der Waals surface area (Å²) < 4.78 is 6.24. The summed E-state index contributed by atoms with van der Waals surface area (Å²) in [6.45, 7) is 13.3. The van der Waals surface area contributed by atoms with Crippen molar-refractivity contribution in [1.29, 1.82) is 0 Å². The lowest BCUT2D eigenvalue weighted by Gasteiger charge is -2.30. The third kappa shape index (κ3) is 2.91. The fraction of sp³-hybridized carbons (Fsp3) is 0.714. The second-order valence-electron chi connectivity index (χ2n) is 5.70. The number of carbonyl (C=O) groups excluding carboxylic acids is 1.